The predicted octanol–water partition coefficient (Wildman–Crippen LogP) is 2.84. The Morgan fingerprint density at radius 1 is 1.32 bits per heavy atom. The zero-order valence-corrected chi connectivity index (χ0v) is 16.7. The van der Waals surface area contributed by atoms with Gasteiger partial charge in [0.25, 0.3) is 5.56 Å². The molecule has 28 heavy (non-hydrogen) atoms. The maximum absolute atomic E-state index is 12.2. The van der Waals surface area contributed by atoms with Crippen LogP contribution in [0.5, 0.6) is 5.75 Å². The van der Waals surface area contributed by atoms with Gasteiger partial charge in [-0.05, 0) is 31.9 Å². The van der Waals surface area contributed by atoms with Crippen LogP contribution in [0.2, 0.25) is 0 Å². The summed E-state index contributed by atoms with van der Waals surface area (Å²) in [5.74, 6) is 1.12. The Morgan fingerprint density at radius 2 is 2.07 bits per heavy atom. The molecule has 1 N–H and O–H groups in total. The maximum atomic E-state index is 12.2. The molecule has 9 heteroatoms. The minimum absolute atomic E-state index is 0.0439. The van der Waals surface area contributed by atoms with E-state index in [-0.39, 0.29) is 17.1 Å². The van der Waals surface area contributed by atoms with Gasteiger partial charge in [-0.25, -0.2) is 13.4 Å². The van der Waals surface area contributed by atoms with Crippen molar-refractivity contribution in [1.29, 1.82) is 0 Å². The third-order valence-electron chi connectivity index (χ3n) is 4.77. The first-order chi connectivity index (χ1) is 13.3. The van der Waals surface area contributed by atoms with Crippen molar-refractivity contribution in [2.45, 2.75) is 25.7 Å². The van der Waals surface area contributed by atoms with Crippen molar-refractivity contribution in [1.82, 2.24) is 9.55 Å². The lowest BCUT2D eigenvalue weighted by molar-refractivity contribution is 0.405. The van der Waals surface area contributed by atoms with Crippen molar-refractivity contribution in [2.75, 3.05) is 17.6 Å². The molecule has 8 nitrogen and oxygen atoms in total. The average molecular weight is 403 g/mol. The topological polar surface area (TPSA) is 103 Å². The lowest BCUT2D eigenvalue weighted by atomic mass is 10.0. The number of ether oxygens (including phenoxy) is 1. The van der Waals surface area contributed by atoms with Crippen LogP contribution in [-0.4, -0.2) is 30.8 Å². The standard InChI is InChI=1S/C19H21N3O5S/c1-4-28(24,25)21-13-8-14(12-7-16(26-3)19(23)22(2)10-12)17-15(9-13)27-18(20-17)11-5-6-11/h7-11,21H,4-6H2,1-3H3. The first-order valence-corrected chi connectivity index (χ1v) is 10.7. The third kappa shape index (κ3) is 3.37. The monoisotopic (exact) mass is 403 g/mol. The van der Waals surface area contributed by atoms with Gasteiger partial charge in [0.1, 0.15) is 5.52 Å². The molecule has 2 aromatic heterocycles. The van der Waals surface area contributed by atoms with Gasteiger partial charge in [-0.3, -0.25) is 9.52 Å². The lowest BCUT2D eigenvalue weighted by Crippen LogP contribution is -2.18. The fourth-order valence-electron chi connectivity index (χ4n) is 3.06. The Balaban J connectivity index is 1.95. The van der Waals surface area contributed by atoms with Gasteiger partial charge < -0.3 is 13.7 Å². The van der Waals surface area contributed by atoms with E-state index < -0.39 is 10.0 Å². The Hall–Kier alpha value is -2.81. The number of benzene rings is 1. The van der Waals surface area contributed by atoms with E-state index in [9.17, 15) is 13.2 Å². The van der Waals surface area contributed by atoms with E-state index in [0.29, 0.717) is 39.7 Å². The molecule has 1 aliphatic rings. The van der Waals surface area contributed by atoms with Crippen molar-refractivity contribution < 1.29 is 17.6 Å². The van der Waals surface area contributed by atoms with Crippen LogP contribution >= 0.6 is 0 Å². The Bertz CT molecular complexity index is 1220. The number of anilines is 1. The van der Waals surface area contributed by atoms with Crippen LogP contribution in [0, 0.1) is 0 Å². The molecule has 0 unspecified atom stereocenters. The van der Waals surface area contributed by atoms with Crippen molar-refractivity contribution in [3.05, 3.63) is 40.6 Å². The second-order valence-corrected chi connectivity index (χ2v) is 8.93. The third-order valence-corrected chi connectivity index (χ3v) is 6.08. The molecule has 148 valence electrons. The number of aromatic nitrogens is 2. The van der Waals surface area contributed by atoms with Crippen LogP contribution < -0.4 is 15.0 Å². The number of aryl methyl sites for hydroxylation is 1. The number of hydrogen-bond acceptors (Lipinski definition) is 6. The Morgan fingerprint density at radius 3 is 2.71 bits per heavy atom. The lowest BCUT2D eigenvalue weighted by Gasteiger charge is -2.11. The molecule has 0 spiro atoms. The summed E-state index contributed by atoms with van der Waals surface area (Å²) in [6.07, 6.45) is 3.74. The molecule has 0 bridgehead atoms. The highest BCUT2D eigenvalue weighted by molar-refractivity contribution is 7.92. The van der Waals surface area contributed by atoms with Gasteiger partial charge in [-0.1, -0.05) is 0 Å². The highest BCUT2D eigenvalue weighted by Crippen LogP contribution is 2.42. The van der Waals surface area contributed by atoms with Crippen LogP contribution in [0.1, 0.15) is 31.6 Å². The summed E-state index contributed by atoms with van der Waals surface area (Å²) >= 11 is 0. The molecule has 1 aliphatic carbocycles. The van der Waals surface area contributed by atoms with Gasteiger partial charge in [0.2, 0.25) is 10.0 Å². The molecule has 4 rings (SSSR count). The van der Waals surface area contributed by atoms with Crippen LogP contribution in [-0.2, 0) is 17.1 Å². The van der Waals surface area contributed by atoms with E-state index in [4.69, 9.17) is 9.15 Å². The number of rotatable bonds is 6. The van der Waals surface area contributed by atoms with E-state index in [1.807, 2.05) is 0 Å². The van der Waals surface area contributed by atoms with Crippen molar-refractivity contribution >= 4 is 26.8 Å². The number of hydrogen-bond donors (Lipinski definition) is 1. The predicted molar refractivity (Wildman–Crippen MR) is 106 cm³/mol. The molecular weight excluding hydrogens is 382 g/mol. The fourth-order valence-corrected chi connectivity index (χ4v) is 3.68. The maximum Gasteiger partial charge on any atom is 0.292 e. The minimum Gasteiger partial charge on any atom is -0.491 e. The summed E-state index contributed by atoms with van der Waals surface area (Å²) in [5, 5.41) is 0. The van der Waals surface area contributed by atoms with Crippen LogP contribution in [0.3, 0.4) is 0 Å². The van der Waals surface area contributed by atoms with E-state index in [0.717, 1.165) is 12.8 Å². The zero-order valence-electron chi connectivity index (χ0n) is 15.9. The summed E-state index contributed by atoms with van der Waals surface area (Å²) in [7, 11) is -0.391. The minimum atomic E-state index is -3.46. The van der Waals surface area contributed by atoms with E-state index >= 15 is 0 Å². The normalized spacial score (nSPS) is 14.4. The quantitative estimate of drug-likeness (QED) is 0.679. The van der Waals surface area contributed by atoms with Crippen LogP contribution in [0.4, 0.5) is 5.69 Å². The number of fused-ring (bicyclic) bond motifs is 1. The number of pyridine rings is 1. The molecule has 0 saturated heterocycles. The second-order valence-electron chi connectivity index (χ2n) is 6.92. The van der Waals surface area contributed by atoms with Crippen molar-refractivity contribution in [3.8, 4) is 16.9 Å². The second kappa shape index (κ2) is 6.66. The molecule has 0 amide bonds. The van der Waals surface area contributed by atoms with Gasteiger partial charge in [-0.2, -0.15) is 0 Å². The fraction of sp³-hybridized carbons (Fsp3) is 0.368. The molecule has 0 aliphatic heterocycles. The molecule has 1 saturated carbocycles. The smallest absolute Gasteiger partial charge is 0.292 e. The molecule has 0 atom stereocenters. The molecule has 2 heterocycles. The van der Waals surface area contributed by atoms with Crippen molar-refractivity contribution in [2.24, 2.45) is 7.05 Å². The highest BCUT2D eigenvalue weighted by Gasteiger charge is 2.30. The number of oxazole rings is 1. The van der Waals surface area contributed by atoms with E-state index in [1.165, 1.54) is 11.7 Å². The largest absolute Gasteiger partial charge is 0.491 e. The summed E-state index contributed by atoms with van der Waals surface area (Å²) in [5.41, 5.74) is 2.59. The average Bonchev–Trinajstić information content (AvgIpc) is 3.42. The Kier molecular flexibility index (Phi) is 4.41. The first kappa shape index (κ1) is 18.5. The number of sulfonamides is 1. The van der Waals surface area contributed by atoms with Crippen LogP contribution in [0.15, 0.2) is 33.6 Å². The summed E-state index contributed by atoms with van der Waals surface area (Å²) in [6.45, 7) is 1.57. The number of nitrogens with one attached hydrogen (secondary N) is 1. The highest BCUT2D eigenvalue weighted by atomic mass is 32.2. The van der Waals surface area contributed by atoms with Gasteiger partial charge >= 0.3 is 0 Å². The zero-order chi connectivity index (χ0) is 20.1. The summed E-state index contributed by atoms with van der Waals surface area (Å²) in [6, 6.07) is 4.97. The van der Waals surface area contributed by atoms with Gasteiger partial charge in [0.15, 0.2) is 17.2 Å². The van der Waals surface area contributed by atoms with E-state index in [1.54, 1.807) is 38.4 Å². The number of nitrogens with zero attached hydrogens (tertiary/aromatic N) is 2. The van der Waals surface area contributed by atoms with Crippen molar-refractivity contribution in [3.63, 3.8) is 0 Å². The molecular formula is C19H21N3O5S. The molecule has 3 aromatic rings. The van der Waals surface area contributed by atoms with Gasteiger partial charge in [-0.15, -0.1) is 0 Å². The Labute approximate surface area is 162 Å². The van der Waals surface area contributed by atoms with Gasteiger partial charge in [0, 0.05) is 36.4 Å². The molecule has 1 fully saturated rings. The summed E-state index contributed by atoms with van der Waals surface area (Å²) in [4.78, 5) is 16.8. The summed E-state index contributed by atoms with van der Waals surface area (Å²) < 4.78 is 39.2. The first-order valence-electron chi connectivity index (χ1n) is 9.01. The van der Waals surface area contributed by atoms with Crippen LogP contribution in [0.25, 0.3) is 22.2 Å². The van der Waals surface area contributed by atoms with E-state index in [2.05, 4.69) is 9.71 Å². The SMILES string of the molecule is CCS(=O)(=O)Nc1cc(-c2cc(OC)c(=O)n(C)c2)c2nc(C3CC3)oc2c1. The van der Waals surface area contributed by atoms with Gasteiger partial charge in [0.05, 0.1) is 18.6 Å². The number of methoxy groups -OCH3 is 1. The molecule has 0 radical (unpaired) electrons. The molecule has 1 aromatic carbocycles.